The van der Waals surface area contributed by atoms with Gasteiger partial charge in [0.1, 0.15) is 12.4 Å². The van der Waals surface area contributed by atoms with Crippen molar-refractivity contribution in [2.75, 3.05) is 5.73 Å². The number of rotatable bonds is 3. The van der Waals surface area contributed by atoms with Crippen LogP contribution in [0.15, 0.2) is 36.7 Å². The summed E-state index contributed by atoms with van der Waals surface area (Å²) < 4.78 is 5.74. The molecule has 2 rings (SSSR count). The van der Waals surface area contributed by atoms with Gasteiger partial charge in [0.05, 0.1) is 5.69 Å². The Balaban J connectivity index is 2.15. The quantitative estimate of drug-likeness (QED) is 0.822. The van der Waals surface area contributed by atoms with E-state index in [1.807, 2.05) is 32.0 Å². The third-order valence-electron chi connectivity index (χ3n) is 2.55. The van der Waals surface area contributed by atoms with Gasteiger partial charge in [-0.05, 0) is 37.1 Å². The number of nitrogens with zero attached hydrogens (tertiary/aromatic N) is 1. The van der Waals surface area contributed by atoms with Crippen LogP contribution in [0, 0.1) is 13.8 Å². The van der Waals surface area contributed by atoms with E-state index in [-0.39, 0.29) is 0 Å². The van der Waals surface area contributed by atoms with Crippen molar-refractivity contribution in [2.24, 2.45) is 0 Å². The van der Waals surface area contributed by atoms with Gasteiger partial charge in [-0.2, -0.15) is 0 Å². The van der Waals surface area contributed by atoms with Gasteiger partial charge < -0.3 is 10.5 Å². The molecule has 88 valence electrons. The minimum atomic E-state index is 0.488. The van der Waals surface area contributed by atoms with Gasteiger partial charge in [0, 0.05) is 18.0 Å². The molecule has 3 nitrogen and oxygen atoms in total. The Kier molecular flexibility index (Phi) is 3.28. The summed E-state index contributed by atoms with van der Waals surface area (Å²) in [5, 5.41) is 0. The summed E-state index contributed by atoms with van der Waals surface area (Å²) in [4.78, 5) is 4.04. The maximum atomic E-state index is 5.95. The van der Waals surface area contributed by atoms with Crippen molar-refractivity contribution in [2.45, 2.75) is 20.5 Å². The molecule has 1 aromatic carbocycles. The zero-order valence-corrected chi connectivity index (χ0v) is 10.1. The van der Waals surface area contributed by atoms with Crippen molar-refractivity contribution < 1.29 is 4.74 Å². The molecule has 0 amide bonds. The van der Waals surface area contributed by atoms with Gasteiger partial charge in [-0.3, -0.25) is 4.98 Å². The standard InChI is InChI=1S/C14H16N2O/c1-10-6-11(2)14(13(15)7-10)17-9-12-4-3-5-16-8-12/h3-8H,9,15H2,1-2H3. The molecule has 0 atom stereocenters. The van der Waals surface area contributed by atoms with Crippen molar-refractivity contribution in [3.63, 3.8) is 0 Å². The fraction of sp³-hybridized carbons (Fsp3) is 0.214. The fourth-order valence-corrected chi connectivity index (χ4v) is 1.82. The Labute approximate surface area is 101 Å². The van der Waals surface area contributed by atoms with E-state index in [2.05, 4.69) is 11.1 Å². The van der Waals surface area contributed by atoms with Crippen molar-refractivity contribution >= 4 is 5.69 Å². The van der Waals surface area contributed by atoms with Crippen LogP contribution in [-0.4, -0.2) is 4.98 Å². The lowest BCUT2D eigenvalue weighted by atomic mass is 10.1. The first kappa shape index (κ1) is 11.5. The largest absolute Gasteiger partial charge is 0.486 e. The highest BCUT2D eigenvalue weighted by molar-refractivity contribution is 5.58. The summed E-state index contributed by atoms with van der Waals surface area (Å²) in [7, 11) is 0. The molecular weight excluding hydrogens is 212 g/mol. The summed E-state index contributed by atoms with van der Waals surface area (Å²) in [6.45, 7) is 4.51. The molecule has 0 fully saturated rings. The van der Waals surface area contributed by atoms with Crippen LogP contribution in [0.3, 0.4) is 0 Å². The summed E-state index contributed by atoms with van der Waals surface area (Å²) in [6.07, 6.45) is 3.54. The first-order valence-electron chi connectivity index (χ1n) is 5.55. The smallest absolute Gasteiger partial charge is 0.145 e. The first-order chi connectivity index (χ1) is 8.16. The number of aromatic nitrogens is 1. The van der Waals surface area contributed by atoms with E-state index < -0.39 is 0 Å². The maximum Gasteiger partial charge on any atom is 0.145 e. The van der Waals surface area contributed by atoms with Crippen LogP contribution in [0.4, 0.5) is 5.69 Å². The molecule has 3 heteroatoms. The predicted octanol–water partition coefficient (Wildman–Crippen LogP) is 2.86. The van der Waals surface area contributed by atoms with E-state index in [4.69, 9.17) is 10.5 Å². The van der Waals surface area contributed by atoms with Gasteiger partial charge in [-0.25, -0.2) is 0 Å². The molecule has 0 aliphatic heterocycles. The molecule has 0 unspecified atom stereocenters. The number of ether oxygens (including phenoxy) is 1. The normalized spacial score (nSPS) is 10.2. The van der Waals surface area contributed by atoms with Gasteiger partial charge in [0.25, 0.3) is 0 Å². The summed E-state index contributed by atoms with van der Waals surface area (Å²) in [6, 6.07) is 7.86. The van der Waals surface area contributed by atoms with Gasteiger partial charge in [-0.1, -0.05) is 12.1 Å². The average Bonchev–Trinajstić information content (AvgIpc) is 2.29. The number of hydrogen-bond acceptors (Lipinski definition) is 3. The minimum Gasteiger partial charge on any atom is -0.486 e. The lowest BCUT2D eigenvalue weighted by Crippen LogP contribution is -2.01. The Bertz CT molecular complexity index is 486. The Morgan fingerprint density at radius 1 is 1.29 bits per heavy atom. The number of hydrogen-bond donors (Lipinski definition) is 1. The number of nitrogen functional groups attached to an aromatic ring is 1. The molecule has 0 radical (unpaired) electrons. The number of anilines is 1. The van der Waals surface area contributed by atoms with E-state index in [0.29, 0.717) is 12.3 Å². The van der Waals surface area contributed by atoms with Crippen LogP contribution in [0.25, 0.3) is 0 Å². The molecule has 2 N–H and O–H groups in total. The van der Waals surface area contributed by atoms with Gasteiger partial charge in [-0.15, -0.1) is 0 Å². The topological polar surface area (TPSA) is 48.1 Å². The SMILES string of the molecule is Cc1cc(C)c(OCc2cccnc2)c(N)c1. The summed E-state index contributed by atoms with van der Waals surface area (Å²) in [5.41, 5.74) is 9.87. The van der Waals surface area contributed by atoms with Crippen LogP contribution in [0.5, 0.6) is 5.75 Å². The summed E-state index contributed by atoms with van der Waals surface area (Å²) >= 11 is 0. The van der Waals surface area contributed by atoms with E-state index in [1.54, 1.807) is 12.4 Å². The number of aryl methyl sites for hydroxylation is 2. The molecule has 0 bridgehead atoms. The van der Waals surface area contributed by atoms with E-state index in [1.165, 1.54) is 0 Å². The Morgan fingerprint density at radius 2 is 2.12 bits per heavy atom. The van der Waals surface area contributed by atoms with E-state index >= 15 is 0 Å². The van der Waals surface area contributed by atoms with Crippen LogP contribution in [0.2, 0.25) is 0 Å². The number of nitrogens with two attached hydrogens (primary N) is 1. The van der Waals surface area contributed by atoms with Crippen molar-refractivity contribution in [3.05, 3.63) is 53.3 Å². The lowest BCUT2D eigenvalue weighted by Gasteiger charge is -2.12. The maximum absolute atomic E-state index is 5.95. The van der Waals surface area contributed by atoms with Crippen LogP contribution in [0.1, 0.15) is 16.7 Å². The molecule has 0 spiro atoms. The highest BCUT2D eigenvalue weighted by Crippen LogP contribution is 2.28. The predicted molar refractivity (Wildman–Crippen MR) is 68.9 cm³/mol. The average molecular weight is 228 g/mol. The highest BCUT2D eigenvalue weighted by atomic mass is 16.5. The van der Waals surface area contributed by atoms with Crippen LogP contribution < -0.4 is 10.5 Å². The molecule has 0 aliphatic rings. The van der Waals surface area contributed by atoms with E-state index in [0.717, 1.165) is 22.4 Å². The lowest BCUT2D eigenvalue weighted by molar-refractivity contribution is 0.305. The zero-order valence-electron chi connectivity index (χ0n) is 10.1. The highest BCUT2D eigenvalue weighted by Gasteiger charge is 2.05. The van der Waals surface area contributed by atoms with Crippen LogP contribution >= 0.6 is 0 Å². The second-order valence-electron chi connectivity index (χ2n) is 4.15. The van der Waals surface area contributed by atoms with Gasteiger partial charge in [0.2, 0.25) is 0 Å². The second-order valence-corrected chi connectivity index (χ2v) is 4.15. The number of benzene rings is 1. The fourth-order valence-electron chi connectivity index (χ4n) is 1.82. The molecule has 17 heavy (non-hydrogen) atoms. The molecule has 1 heterocycles. The van der Waals surface area contributed by atoms with Crippen molar-refractivity contribution in [1.82, 2.24) is 4.98 Å². The zero-order chi connectivity index (χ0) is 12.3. The minimum absolute atomic E-state index is 0.488. The molecule has 2 aromatic rings. The van der Waals surface area contributed by atoms with Gasteiger partial charge in [0.15, 0.2) is 0 Å². The molecular formula is C14H16N2O. The van der Waals surface area contributed by atoms with Crippen molar-refractivity contribution in [1.29, 1.82) is 0 Å². The third-order valence-corrected chi connectivity index (χ3v) is 2.55. The summed E-state index contributed by atoms with van der Waals surface area (Å²) in [5.74, 6) is 0.763. The molecule has 0 saturated heterocycles. The van der Waals surface area contributed by atoms with Crippen LogP contribution in [-0.2, 0) is 6.61 Å². The molecule has 1 aromatic heterocycles. The third kappa shape index (κ3) is 2.75. The Hall–Kier alpha value is -2.03. The second kappa shape index (κ2) is 4.87. The van der Waals surface area contributed by atoms with Crippen molar-refractivity contribution in [3.8, 4) is 5.75 Å². The monoisotopic (exact) mass is 228 g/mol. The molecule has 0 aliphatic carbocycles. The number of pyridine rings is 1. The Morgan fingerprint density at radius 3 is 2.76 bits per heavy atom. The van der Waals surface area contributed by atoms with Gasteiger partial charge >= 0.3 is 0 Å². The first-order valence-corrected chi connectivity index (χ1v) is 5.55. The molecule has 0 saturated carbocycles. The van der Waals surface area contributed by atoms with E-state index in [9.17, 15) is 0 Å².